The molecule has 16 heavy (non-hydrogen) atoms. The summed E-state index contributed by atoms with van der Waals surface area (Å²) in [7, 11) is 0. The van der Waals surface area contributed by atoms with Crippen LogP contribution in [0.3, 0.4) is 0 Å². The highest BCUT2D eigenvalue weighted by Crippen LogP contribution is 2.23. The van der Waals surface area contributed by atoms with Crippen LogP contribution in [0, 0.1) is 6.92 Å². The molecule has 0 amide bonds. The van der Waals surface area contributed by atoms with Gasteiger partial charge in [0.05, 0.1) is 6.61 Å². The van der Waals surface area contributed by atoms with Crippen molar-refractivity contribution < 1.29 is 4.74 Å². The van der Waals surface area contributed by atoms with Gasteiger partial charge in [-0.25, -0.2) is 0 Å². The predicted molar refractivity (Wildman–Crippen MR) is 69.8 cm³/mol. The van der Waals surface area contributed by atoms with Gasteiger partial charge in [-0.1, -0.05) is 38.7 Å². The van der Waals surface area contributed by atoms with Gasteiger partial charge in [0.25, 0.3) is 0 Å². The van der Waals surface area contributed by atoms with Gasteiger partial charge in [0.1, 0.15) is 5.75 Å². The van der Waals surface area contributed by atoms with Crippen LogP contribution in [0.1, 0.15) is 44.6 Å². The van der Waals surface area contributed by atoms with Crippen LogP contribution in [0.2, 0.25) is 0 Å². The lowest BCUT2D eigenvalue weighted by Gasteiger charge is -2.10. The molecule has 0 bridgehead atoms. The van der Waals surface area contributed by atoms with E-state index in [2.05, 4.69) is 6.92 Å². The molecule has 0 saturated heterocycles. The standard InChI is InChI=1S/C14H23NO/c1-3-4-5-6-7-11-16-14-10-8-9-13(15)12(14)2/h8-10H,3-7,11,15H2,1-2H3. The van der Waals surface area contributed by atoms with Gasteiger partial charge < -0.3 is 10.5 Å². The van der Waals surface area contributed by atoms with Gasteiger partial charge in [-0.3, -0.25) is 0 Å². The van der Waals surface area contributed by atoms with Crippen molar-refractivity contribution in [3.8, 4) is 5.75 Å². The first-order valence-electron chi connectivity index (χ1n) is 6.23. The fourth-order valence-corrected chi connectivity index (χ4v) is 1.68. The summed E-state index contributed by atoms with van der Waals surface area (Å²) in [5, 5.41) is 0. The quantitative estimate of drug-likeness (QED) is 0.559. The Balaban J connectivity index is 2.24. The molecule has 0 aromatic heterocycles. The Morgan fingerprint density at radius 2 is 1.88 bits per heavy atom. The number of nitrogens with two attached hydrogens (primary N) is 1. The molecule has 90 valence electrons. The number of nitrogen functional groups attached to an aromatic ring is 1. The molecule has 0 saturated carbocycles. The highest BCUT2D eigenvalue weighted by molar-refractivity contribution is 5.53. The molecule has 0 atom stereocenters. The summed E-state index contributed by atoms with van der Waals surface area (Å²) in [5.41, 5.74) is 7.67. The molecule has 0 fully saturated rings. The van der Waals surface area contributed by atoms with E-state index in [1.807, 2.05) is 25.1 Å². The number of hydrogen-bond acceptors (Lipinski definition) is 2. The van der Waals surface area contributed by atoms with Gasteiger partial charge in [-0.15, -0.1) is 0 Å². The molecular formula is C14H23NO. The van der Waals surface area contributed by atoms with Crippen molar-refractivity contribution in [3.63, 3.8) is 0 Å². The summed E-state index contributed by atoms with van der Waals surface area (Å²) < 4.78 is 5.72. The summed E-state index contributed by atoms with van der Waals surface area (Å²) in [6.07, 6.45) is 6.33. The topological polar surface area (TPSA) is 35.2 Å². The normalized spacial score (nSPS) is 10.4. The minimum Gasteiger partial charge on any atom is -0.493 e. The average Bonchev–Trinajstić information content (AvgIpc) is 2.29. The van der Waals surface area contributed by atoms with E-state index in [1.54, 1.807) is 0 Å². The molecule has 0 aliphatic rings. The Bertz CT molecular complexity index is 310. The predicted octanol–water partition coefficient (Wildman–Crippen LogP) is 3.93. The molecule has 1 rings (SSSR count). The van der Waals surface area contributed by atoms with Crippen LogP contribution in [0.4, 0.5) is 5.69 Å². The van der Waals surface area contributed by atoms with E-state index in [0.29, 0.717) is 0 Å². The summed E-state index contributed by atoms with van der Waals surface area (Å²) in [6, 6.07) is 5.83. The van der Waals surface area contributed by atoms with E-state index in [1.165, 1.54) is 25.7 Å². The van der Waals surface area contributed by atoms with Gasteiger partial charge in [0, 0.05) is 11.3 Å². The van der Waals surface area contributed by atoms with E-state index in [0.717, 1.165) is 30.0 Å². The van der Waals surface area contributed by atoms with Crippen LogP contribution in [-0.4, -0.2) is 6.61 Å². The van der Waals surface area contributed by atoms with Crippen molar-refractivity contribution in [2.24, 2.45) is 0 Å². The molecule has 2 heteroatoms. The Morgan fingerprint density at radius 1 is 1.12 bits per heavy atom. The second-order valence-corrected chi connectivity index (χ2v) is 4.23. The third kappa shape index (κ3) is 4.13. The Morgan fingerprint density at radius 3 is 2.62 bits per heavy atom. The van der Waals surface area contributed by atoms with Crippen molar-refractivity contribution in [2.45, 2.75) is 46.0 Å². The third-order valence-electron chi connectivity index (χ3n) is 2.83. The Hall–Kier alpha value is -1.18. The van der Waals surface area contributed by atoms with E-state index < -0.39 is 0 Å². The first kappa shape index (κ1) is 12.9. The molecule has 0 unspecified atom stereocenters. The fourth-order valence-electron chi connectivity index (χ4n) is 1.68. The van der Waals surface area contributed by atoms with E-state index in [9.17, 15) is 0 Å². The second kappa shape index (κ2) is 7.15. The minimum atomic E-state index is 0.800. The number of hydrogen-bond donors (Lipinski definition) is 1. The van der Waals surface area contributed by atoms with Crippen LogP contribution in [0.15, 0.2) is 18.2 Å². The van der Waals surface area contributed by atoms with Gasteiger partial charge >= 0.3 is 0 Å². The Labute approximate surface area is 98.8 Å². The number of rotatable bonds is 7. The molecule has 0 heterocycles. The molecular weight excluding hydrogens is 198 g/mol. The number of unbranched alkanes of at least 4 members (excludes halogenated alkanes) is 4. The molecule has 0 radical (unpaired) electrons. The van der Waals surface area contributed by atoms with Crippen molar-refractivity contribution >= 4 is 5.69 Å². The average molecular weight is 221 g/mol. The van der Waals surface area contributed by atoms with Crippen LogP contribution in [-0.2, 0) is 0 Å². The van der Waals surface area contributed by atoms with E-state index in [-0.39, 0.29) is 0 Å². The number of anilines is 1. The lowest BCUT2D eigenvalue weighted by atomic mass is 10.1. The molecule has 1 aromatic carbocycles. The molecule has 2 nitrogen and oxygen atoms in total. The van der Waals surface area contributed by atoms with Crippen LogP contribution >= 0.6 is 0 Å². The van der Waals surface area contributed by atoms with Gasteiger partial charge in [-0.05, 0) is 25.5 Å². The zero-order chi connectivity index (χ0) is 11.8. The summed E-state index contributed by atoms with van der Waals surface area (Å²) in [4.78, 5) is 0. The molecule has 2 N–H and O–H groups in total. The molecule has 0 spiro atoms. The van der Waals surface area contributed by atoms with E-state index >= 15 is 0 Å². The molecule has 1 aromatic rings. The van der Waals surface area contributed by atoms with Crippen LogP contribution < -0.4 is 10.5 Å². The SMILES string of the molecule is CCCCCCCOc1cccc(N)c1C. The van der Waals surface area contributed by atoms with Crippen LogP contribution in [0.25, 0.3) is 0 Å². The molecule has 0 aliphatic heterocycles. The second-order valence-electron chi connectivity index (χ2n) is 4.23. The van der Waals surface area contributed by atoms with E-state index in [4.69, 9.17) is 10.5 Å². The zero-order valence-electron chi connectivity index (χ0n) is 10.5. The van der Waals surface area contributed by atoms with Gasteiger partial charge in [0.2, 0.25) is 0 Å². The van der Waals surface area contributed by atoms with Crippen molar-refractivity contribution in [1.29, 1.82) is 0 Å². The maximum atomic E-state index is 5.81. The smallest absolute Gasteiger partial charge is 0.124 e. The van der Waals surface area contributed by atoms with Crippen molar-refractivity contribution in [3.05, 3.63) is 23.8 Å². The monoisotopic (exact) mass is 221 g/mol. The van der Waals surface area contributed by atoms with Gasteiger partial charge in [0.15, 0.2) is 0 Å². The summed E-state index contributed by atoms with van der Waals surface area (Å²) in [5.74, 6) is 0.926. The van der Waals surface area contributed by atoms with Crippen molar-refractivity contribution in [2.75, 3.05) is 12.3 Å². The maximum Gasteiger partial charge on any atom is 0.124 e. The number of ether oxygens (including phenoxy) is 1. The fraction of sp³-hybridized carbons (Fsp3) is 0.571. The highest BCUT2D eigenvalue weighted by Gasteiger charge is 2.01. The third-order valence-corrected chi connectivity index (χ3v) is 2.83. The summed E-state index contributed by atoms with van der Waals surface area (Å²) >= 11 is 0. The maximum absolute atomic E-state index is 5.81. The first-order valence-corrected chi connectivity index (χ1v) is 6.23. The Kier molecular flexibility index (Phi) is 5.76. The van der Waals surface area contributed by atoms with Gasteiger partial charge in [-0.2, -0.15) is 0 Å². The largest absolute Gasteiger partial charge is 0.493 e. The number of benzene rings is 1. The highest BCUT2D eigenvalue weighted by atomic mass is 16.5. The lowest BCUT2D eigenvalue weighted by molar-refractivity contribution is 0.303. The van der Waals surface area contributed by atoms with Crippen LogP contribution in [0.5, 0.6) is 5.75 Å². The zero-order valence-corrected chi connectivity index (χ0v) is 10.5. The summed E-state index contributed by atoms with van der Waals surface area (Å²) in [6.45, 7) is 5.03. The van der Waals surface area contributed by atoms with Crippen molar-refractivity contribution in [1.82, 2.24) is 0 Å². The minimum absolute atomic E-state index is 0.800. The molecule has 0 aliphatic carbocycles. The first-order chi connectivity index (χ1) is 7.75. The lowest BCUT2D eigenvalue weighted by Crippen LogP contribution is -2.00.